The molecule has 1 saturated heterocycles. The molecule has 1 fully saturated rings. The second kappa shape index (κ2) is 3.12. The molecule has 3 rings (SSSR count). The van der Waals surface area contributed by atoms with Crippen molar-refractivity contribution >= 4 is 10.8 Å². The van der Waals surface area contributed by atoms with Crippen molar-refractivity contribution in [3.63, 3.8) is 0 Å². The number of benzene rings is 1. The van der Waals surface area contributed by atoms with Gasteiger partial charge in [-0.3, -0.25) is 5.32 Å². The van der Waals surface area contributed by atoms with Gasteiger partial charge in [-0.2, -0.15) is 0 Å². The normalized spacial score (nSPS) is 21.9. The summed E-state index contributed by atoms with van der Waals surface area (Å²) >= 11 is 0. The Bertz CT molecular complexity index is 443. The Balaban J connectivity index is 2.11. The van der Waals surface area contributed by atoms with Crippen LogP contribution in [0.3, 0.4) is 0 Å². The van der Waals surface area contributed by atoms with Crippen LogP contribution < -0.4 is 5.32 Å². The lowest BCUT2D eigenvalue weighted by atomic mass is 10.2. The van der Waals surface area contributed by atoms with Crippen molar-refractivity contribution in [3.8, 4) is 0 Å². The third kappa shape index (κ3) is 1.14. The predicted molar refractivity (Wildman–Crippen MR) is 53.8 cm³/mol. The van der Waals surface area contributed by atoms with Gasteiger partial charge in [-0.05, 0) is 0 Å². The van der Waals surface area contributed by atoms with E-state index in [1.54, 1.807) is 0 Å². The van der Waals surface area contributed by atoms with Crippen LogP contribution in [0.4, 0.5) is 0 Å². The van der Waals surface area contributed by atoms with Gasteiger partial charge in [0.1, 0.15) is 6.23 Å². The highest BCUT2D eigenvalue weighted by Gasteiger charge is 2.19. The van der Waals surface area contributed by atoms with Crippen molar-refractivity contribution < 1.29 is 4.74 Å². The summed E-state index contributed by atoms with van der Waals surface area (Å²) in [5, 5.41) is 5.58. The van der Waals surface area contributed by atoms with Crippen LogP contribution in [0, 0.1) is 6.20 Å². The summed E-state index contributed by atoms with van der Waals surface area (Å²) in [6, 6.07) is 8.17. The first-order chi connectivity index (χ1) is 6.95. The molecule has 71 valence electrons. The maximum absolute atomic E-state index is 5.54. The van der Waals surface area contributed by atoms with Gasteiger partial charge in [-0.1, -0.05) is 24.3 Å². The zero-order valence-electron chi connectivity index (χ0n) is 7.71. The number of aromatic nitrogens is 1. The Labute approximate surface area is 82.1 Å². The average Bonchev–Trinajstić information content (AvgIpc) is 2.85. The Morgan fingerprint density at radius 2 is 2.29 bits per heavy atom. The number of hydrogen-bond acceptors (Lipinski definition) is 2. The molecule has 1 aromatic heterocycles. The molecule has 3 heteroatoms. The zero-order chi connectivity index (χ0) is 9.38. The van der Waals surface area contributed by atoms with Crippen LogP contribution in [-0.4, -0.2) is 18.1 Å². The lowest BCUT2D eigenvalue weighted by Crippen LogP contribution is -2.14. The number of aromatic amines is 1. The lowest BCUT2D eigenvalue weighted by molar-refractivity contribution is 0.100. The summed E-state index contributed by atoms with van der Waals surface area (Å²) in [7, 11) is 0. The highest BCUT2D eigenvalue weighted by molar-refractivity contribution is 5.84. The van der Waals surface area contributed by atoms with Crippen molar-refractivity contribution in [2.45, 2.75) is 6.23 Å². The summed E-state index contributed by atoms with van der Waals surface area (Å²) in [6.45, 7) is 1.69. The fourth-order valence-electron chi connectivity index (χ4n) is 1.85. The largest absolute Gasteiger partial charge is 0.356 e. The summed E-state index contributed by atoms with van der Waals surface area (Å²) in [5.74, 6) is 0. The van der Waals surface area contributed by atoms with E-state index < -0.39 is 0 Å². The predicted octanol–water partition coefficient (Wildman–Crippen LogP) is 1.59. The molecule has 1 radical (unpaired) electrons. The Morgan fingerprint density at radius 1 is 1.36 bits per heavy atom. The molecule has 3 nitrogen and oxygen atoms in total. The summed E-state index contributed by atoms with van der Waals surface area (Å²) < 4.78 is 5.54. The van der Waals surface area contributed by atoms with Crippen LogP contribution in [0.1, 0.15) is 11.9 Å². The summed E-state index contributed by atoms with van der Waals surface area (Å²) in [5.41, 5.74) is 1.08. The molecule has 0 bridgehead atoms. The molecule has 14 heavy (non-hydrogen) atoms. The maximum atomic E-state index is 5.54. The SMILES string of the molecule is [c]1[nH]c(C2NCCO2)c2ccccc12. The van der Waals surface area contributed by atoms with Crippen LogP contribution in [0.25, 0.3) is 10.8 Å². The summed E-state index contributed by atoms with van der Waals surface area (Å²) in [4.78, 5) is 3.14. The van der Waals surface area contributed by atoms with Gasteiger partial charge in [-0.25, -0.2) is 0 Å². The van der Waals surface area contributed by atoms with Gasteiger partial charge in [0.25, 0.3) is 0 Å². The van der Waals surface area contributed by atoms with Crippen molar-refractivity contribution in [3.05, 3.63) is 36.2 Å². The van der Waals surface area contributed by atoms with E-state index in [0.717, 1.165) is 24.2 Å². The monoisotopic (exact) mass is 187 g/mol. The molecule has 2 N–H and O–H groups in total. The molecule has 2 heterocycles. The Kier molecular flexibility index (Phi) is 1.79. The van der Waals surface area contributed by atoms with E-state index >= 15 is 0 Å². The van der Waals surface area contributed by atoms with Gasteiger partial charge in [-0.15, -0.1) is 0 Å². The van der Waals surface area contributed by atoms with E-state index in [1.807, 2.05) is 18.2 Å². The molecule has 1 atom stereocenters. The second-order valence-electron chi connectivity index (χ2n) is 3.41. The van der Waals surface area contributed by atoms with Crippen LogP contribution in [0.5, 0.6) is 0 Å². The first kappa shape index (κ1) is 8.03. The highest BCUT2D eigenvalue weighted by atomic mass is 16.5. The number of ether oxygens (including phenoxy) is 1. The standard InChI is InChI=1S/C11H11N2O/c1-2-4-9-8(3-1)7-13-10(9)11-12-5-6-14-11/h1-4,11-13H,5-6H2. The van der Waals surface area contributed by atoms with Crippen molar-refractivity contribution in [2.75, 3.05) is 13.2 Å². The van der Waals surface area contributed by atoms with Crippen LogP contribution in [-0.2, 0) is 4.74 Å². The maximum Gasteiger partial charge on any atom is 0.149 e. The average molecular weight is 187 g/mol. The van der Waals surface area contributed by atoms with Gasteiger partial charge in [0.05, 0.1) is 18.5 Å². The molecule has 0 aliphatic carbocycles. The molecule has 1 aromatic carbocycles. The molecule has 1 unspecified atom stereocenters. The number of fused-ring (bicyclic) bond motifs is 1. The number of nitrogens with one attached hydrogen (secondary N) is 2. The fourth-order valence-corrected chi connectivity index (χ4v) is 1.85. The van der Waals surface area contributed by atoms with E-state index in [2.05, 4.69) is 22.6 Å². The number of hydrogen-bond donors (Lipinski definition) is 2. The van der Waals surface area contributed by atoms with E-state index in [4.69, 9.17) is 4.74 Å². The summed E-state index contributed by atoms with van der Waals surface area (Å²) in [6.07, 6.45) is 3.13. The minimum Gasteiger partial charge on any atom is -0.356 e. The minimum absolute atomic E-state index is 0.00569. The molecule has 2 aromatic rings. The zero-order valence-corrected chi connectivity index (χ0v) is 7.71. The smallest absolute Gasteiger partial charge is 0.149 e. The minimum atomic E-state index is 0.00569. The fraction of sp³-hybridized carbons (Fsp3) is 0.273. The first-order valence-electron chi connectivity index (χ1n) is 4.78. The third-order valence-corrected chi connectivity index (χ3v) is 2.53. The third-order valence-electron chi connectivity index (χ3n) is 2.53. The first-order valence-corrected chi connectivity index (χ1v) is 4.78. The topological polar surface area (TPSA) is 37.0 Å². The molecule has 1 aliphatic rings. The second-order valence-corrected chi connectivity index (χ2v) is 3.41. The van der Waals surface area contributed by atoms with E-state index in [1.165, 1.54) is 5.39 Å². The van der Waals surface area contributed by atoms with Crippen molar-refractivity contribution in [1.29, 1.82) is 0 Å². The van der Waals surface area contributed by atoms with E-state index in [-0.39, 0.29) is 6.23 Å². The van der Waals surface area contributed by atoms with E-state index in [0.29, 0.717) is 0 Å². The lowest BCUT2D eigenvalue weighted by Gasteiger charge is -2.07. The van der Waals surface area contributed by atoms with Gasteiger partial charge < -0.3 is 9.72 Å². The van der Waals surface area contributed by atoms with Gasteiger partial charge in [0.15, 0.2) is 0 Å². The van der Waals surface area contributed by atoms with Crippen LogP contribution >= 0.6 is 0 Å². The van der Waals surface area contributed by atoms with E-state index in [9.17, 15) is 0 Å². The van der Waals surface area contributed by atoms with Gasteiger partial charge in [0, 0.05) is 17.3 Å². The van der Waals surface area contributed by atoms with Crippen molar-refractivity contribution in [2.24, 2.45) is 0 Å². The van der Waals surface area contributed by atoms with Crippen LogP contribution in [0.15, 0.2) is 24.3 Å². The number of H-pyrrole nitrogens is 1. The van der Waals surface area contributed by atoms with Gasteiger partial charge >= 0.3 is 0 Å². The van der Waals surface area contributed by atoms with Crippen LogP contribution in [0.2, 0.25) is 0 Å². The Hall–Kier alpha value is -1.32. The quantitative estimate of drug-likeness (QED) is 0.711. The highest BCUT2D eigenvalue weighted by Crippen LogP contribution is 2.25. The van der Waals surface area contributed by atoms with Gasteiger partial charge in [0.2, 0.25) is 0 Å². The molecule has 0 amide bonds. The molecule has 1 aliphatic heterocycles. The molecule has 0 saturated carbocycles. The number of rotatable bonds is 1. The van der Waals surface area contributed by atoms with Crippen molar-refractivity contribution in [1.82, 2.24) is 10.3 Å². The Morgan fingerprint density at radius 3 is 3.14 bits per heavy atom. The molecule has 0 spiro atoms. The molecular weight excluding hydrogens is 176 g/mol. The molecular formula is C11H11N2O.